The predicted octanol–water partition coefficient (Wildman–Crippen LogP) is 4.21. The number of nitrogens with one attached hydrogen (secondary N) is 1. The molecule has 140 valence electrons. The summed E-state index contributed by atoms with van der Waals surface area (Å²) in [6.07, 6.45) is 5.65. The molecule has 0 bridgehead atoms. The van der Waals surface area contributed by atoms with Gasteiger partial charge in [-0.25, -0.2) is 4.98 Å². The van der Waals surface area contributed by atoms with Gasteiger partial charge in [-0.15, -0.1) is 11.3 Å². The van der Waals surface area contributed by atoms with Gasteiger partial charge in [-0.1, -0.05) is 25.4 Å². The summed E-state index contributed by atoms with van der Waals surface area (Å²) in [6, 6.07) is 3.54. The highest BCUT2D eigenvalue weighted by atomic mass is 35.5. The lowest BCUT2D eigenvalue weighted by molar-refractivity contribution is -0.116. The first kappa shape index (κ1) is 20.3. The first-order valence-corrected chi connectivity index (χ1v) is 9.60. The molecular weight excluding hydrogens is 372 g/mol. The average Bonchev–Trinajstić information content (AvgIpc) is 3.11. The van der Waals surface area contributed by atoms with Crippen LogP contribution in [0.3, 0.4) is 0 Å². The van der Waals surface area contributed by atoms with Gasteiger partial charge >= 0.3 is 0 Å². The number of benzene rings is 1. The Kier molecular flexibility index (Phi) is 7.94. The van der Waals surface area contributed by atoms with Gasteiger partial charge in [0, 0.05) is 30.6 Å². The molecule has 0 saturated heterocycles. The number of thiazole rings is 1. The number of carbonyl (C=O) groups is 1. The van der Waals surface area contributed by atoms with Crippen molar-refractivity contribution in [1.29, 1.82) is 0 Å². The van der Waals surface area contributed by atoms with Crippen molar-refractivity contribution >= 4 is 34.9 Å². The van der Waals surface area contributed by atoms with Gasteiger partial charge < -0.3 is 14.8 Å². The molecule has 1 aromatic carbocycles. The zero-order valence-electron chi connectivity index (χ0n) is 15.1. The van der Waals surface area contributed by atoms with Crippen LogP contribution < -0.4 is 14.8 Å². The smallest absolute Gasteiger partial charge is 0.244 e. The molecule has 1 aromatic heterocycles. The number of halogens is 1. The minimum absolute atomic E-state index is 0.170. The van der Waals surface area contributed by atoms with Crippen LogP contribution in [0.25, 0.3) is 6.08 Å². The molecule has 0 fully saturated rings. The van der Waals surface area contributed by atoms with Gasteiger partial charge in [0.1, 0.15) is 0 Å². The van der Waals surface area contributed by atoms with Gasteiger partial charge in [0.15, 0.2) is 11.5 Å². The Balaban J connectivity index is 1.95. The van der Waals surface area contributed by atoms with Crippen LogP contribution in [0.15, 0.2) is 29.8 Å². The summed E-state index contributed by atoms with van der Waals surface area (Å²) in [4.78, 5) is 16.1. The molecule has 0 saturated carbocycles. The minimum atomic E-state index is -0.170. The fraction of sp³-hybridized carbons (Fsp3) is 0.368. The number of rotatable bonds is 9. The van der Waals surface area contributed by atoms with E-state index in [-0.39, 0.29) is 5.91 Å². The van der Waals surface area contributed by atoms with E-state index in [0.29, 0.717) is 35.6 Å². The third-order valence-electron chi connectivity index (χ3n) is 3.36. The van der Waals surface area contributed by atoms with Crippen molar-refractivity contribution < 1.29 is 14.3 Å². The van der Waals surface area contributed by atoms with Crippen molar-refractivity contribution in [1.82, 2.24) is 10.3 Å². The van der Waals surface area contributed by atoms with Crippen LogP contribution in [0, 0.1) is 5.92 Å². The van der Waals surface area contributed by atoms with Gasteiger partial charge in [-0.2, -0.15) is 0 Å². The highest BCUT2D eigenvalue weighted by Crippen LogP contribution is 2.37. The van der Waals surface area contributed by atoms with Crippen LogP contribution in [-0.4, -0.2) is 31.2 Å². The molecule has 2 rings (SSSR count). The van der Waals surface area contributed by atoms with Crippen LogP contribution in [-0.2, 0) is 11.2 Å². The lowest BCUT2D eigenvalue weighted by Gasteiger charge is -2.14. The highest BCUT2D eigenvalue weighted by molar-refractivity contribution is 7.09. The summed E-state index contributed by atoms with van der Waals surface area (Å²) < 4.78 is 11.1. The molecule has 0 aliphatic rings. The van der Waals surface area contributed by atoms with Gasteiger partial charge in [-0.05, 0) is 29.7 Å². The van der Waals surface area contributed by atoms with Crippen molar-refractivity contribution in [3.63, 3.8) is 0 Å². The fourth-order valence-electron chi connectivity index (χ4n) is 2.13. The molecular formula is C19H23ClN2O3S. The topological polar surface area (TPSA) is 60.5 Å². The van der Waals surface area contributed by atoms with Gasteiger partial charge in [-0.3, -0.25) is 4.79 Å². The second kappa shape index (κ2) is 10.2. The summed E-state index contributed by atoms with van der Waals surface area (Å²) in [5, 5.41) is 6.21. The monoisotopic (exact) mass is 394 g/mol. The molecule has 1 amide bonds. The number of carbonyl (C=O) groups excluding carboxylic acids is 1. The third kappa shape index (κ3) is 6.35. The standard InChI is InChI=1S/C19H23ClN2O3S/c1-13(2)12-25-19-15(20)10-14(11-16(19)24-3)4-5-17(23)21-7-6-18-22-8-9-26-18/h4-5,8-11,13H,6-7,12H2,1-3H3,(H,21,23)/b5-4-. The molecule has 7 heteroatoms. The first-order chi connectivity index (χ1) is 12.5. The number of hydrogen-bond donors (Lipinski definition) is 1. The van der Waals surface area contributed by atoms with Crippen molar-refractivity contribution in [3.05, 3.63) is 45.4 Å². The molecule has 0 aliphatic carbocycles. The van der Waals surface area contributed by atoms with Crippen molar-refractivity contribution in [2.75, 3.05) is 20.3 Å². The molecule has 5 nitrogen and oxygen atoms in total. The van der Waals surface area contributed by atoms with E-state index < -0.39 is 0 Å². The lowest BCUT2D eigenvalue weighted by Crippen LogP contribution is -2.23. The second-order valence-corrected chi connectivity index (χ2v) is 7.43. The molecule has 2 aromatic rings. The van der Waals surface area contributed by atoms with Crippen molar-refractivity contribution in [3.8, 4) is 11.5 Å². The van der Waals surface area contributed by atoms with E-state index in [1.165, 1.54) is 6.08 Å². The Labute approximate surface area is 163 Å². The quantitative estimate of drug-likeness (QED) is 0.647. The van der Waals surface area contributed by atoms with E-state index in [9.17, 15) is 4.79 Å². The van der Waals surface area contributed by atoms with Crippen molar-refractivity contribution in [2.24, 2.45) is 5.92 Å². The van der Waals surface area contributed by atoms with E-state index in [1.807, 2.05) is 5.38 Å². The highest BCUT2D eigenvalue weighted by Gasteiger charge is 2.12. The molecule has 0 radical (unpaired) electrons. The van der Waals surface area contributed by atoms with E-state index in [1.54, 1.807) is 42.9 Å². The predicted molar refractivity (Wildman–Crippen MR) is 106 cm³/mol. The van der Waals surface area contributed by atoms with E-state index in [4.69, 9.17) is 21.1 Å². The molecule has 1 heterocycles. The van der Waals surface area contributed by atoms with Crippen molar-refractivity contribution in [2.45, 2.75) is 20.3 Å². The van der Waals surface area contributed by atoms with Gasteiger partial charge in [0.25, 0.3) is 0 Å². The summed E-state index contributed by atoms with van der Waals surface area (Å²) in [5.74, 6) is 1.27. The average molecular weight is 395 g/mol. The number of amides is 1. The molecule has 0 unspecified atom stereocenters. The SMILES string of the molecule is COc1cc(/C=C\C(=O)NCCc2nccs2)cc(Cl)c1OCC(C)C. The summed E-state index contributed by atoms with van der Waals surface area (Å²) in [7, 11) is 1.56. The maximum Gasteiger partial charge on any atom is 0.244 e. The van der Waals surface area contributed by atoms with Gasteiger partial charge in [0.2, 0.25) is 5.91 Å². The summed E-state index contributed by atoms with van der Waals surface area (Å²) in [6.45, 7) is 5.21. The maximum atomic E-state index is 11.9. The number of nitrogens with zero attached hydrogens (tertiary/aromatic N) is 1. The van der Waals surface area contributed by atoms with Crippen LogP contribution in [0.5, 0.6) is 11.5 Å². The first-order valence-electron chi connectivity index (χ1n) is 8.34. The van der Waals surface area contributed by atoms with Crippen LogP contribution in [0.4, 0.5) is 0 Å². The molecule has 0 atom stereocenters. The fourth-order valence-corrected chi connectivity index (χ4v) is 3.02. The summed E-state index contributed by atoms with van der Waals surface area (Å²) in [5.41, 5.74) is 0.763. The Bertz CT molecular complexity index is 745. The second-order valence-electron chi connectivity index (χ2n) is 6.04. The zero-order chi connectivity index (χ0) is 18.9. The largest absolute Gasteiger partial charge is 0.493 e. The zero-order valence-corrected chi connectivity index (χ0v) is 16.7. The molecule has 1 N–H and O–H groups in total. The number of ether oxygens (including phenoxy) is 2. The van der Waals surface area contributed by atoms with E-state index in [2.05, 4.69) is 24.1 Å². The normalized spacial score (nSPS) is 11.1. The minimum Gasteiger partial charge on any atom is -0.493 e. The maximum absolute atomic E-state index is 11.9. The van der Waals surface area contributed by atoms with Crippen LogP contribution in [0.2, 0.25) is 5.02 Å². The van der Waals surface area contributed by atoms with Crippen LogP contribution >= 0.6 is 22.9 Å². The lowest BCUT2D eigenvalue weighted by atomic mass is 10.1. The van der Waals surface area contributed by atoms with Gasteiger partial charge in [0.05, 0.1) is 23.7 Å². The number of methoxy groups -OCH3 is 1. The number of hydrogen-bond acceptors (Lipinski definition) is 5. The van der Waals surface area contributed by atoms with Crippen LogP contribution in [0.1, 0.15) is 24.4 Å². The van der Waals surface area contributed by atoms with E-state index in [0.717, 1.165) is 17.0 Å². The Morgan fingerprint density at radius 2 is 2.23 bits per heavy atom. The summed E-state index contributed by atoms with van der Waals surface area (Å²) >= 11 is 7.88. The third-order valence-corrected chi connectivity index (χ3v) is 4.48. The van der Waals surface area contributed by atoms with E-state index >= 15 is 0 Å². The Morgan fingerprint density at radius 1 is 1.42 bits per heavy atom. The Hall–Kier alpha value is -2.05. The Morgan fingerprint density at radius 3 is 2.88 bits per heavy atom. The molecule has 0 spiro atoms. The number of aromatic nitrogens is 1. The molecule has 26 heavy (non-hydrogen) atoms. The molecule has 0 aliphatic heterocycles.